The minimum atomic E-state index is -0.671. The van der Waals surface area contributed by atoms with Crippen LogP contribution in [0.3, 0.4) is 0 Å². The minimum Gasteiger partial charge on any atom is -0.481 e. The normalized spacial score (nSPS) is 12.3. The van der Waals surface area contributed by atoms with E-state index in [0.29, 0.717) is 10.8 Å². The molecule has 0 spiro atoms. The van der Waals surface area contributed by atoms with Gasteiger partial charge in [0, 0.05) is 9.90 Å². The van der Waals surface area contributed by atoms with Crippen LogP contribution in [0.5, 0.6) is 5.75 Å². The van der Waals surface area contributed by atoms with Crippen LogP contribution in [0.1, 0.15) is 11.8 Å². The Hall–Kier alpha value is -1.37. The molecule has 2 aromatic rings. The van der Waals surface area contributed by atoms with Gasteiger partial charge in [-0.1, -0.05) is 17.7 Å². The maximum absolute atomic E-state index is 11.8. The summed E-state index contributed by atoms with van der Waals surface area (Å²) in [6.45, 7) is 1.65. The van der Waals surface area contributed by atoms with Gasteiger partial charge in [-0.25, -0.2) is 5.43 Å². The Labute approximate surface area is 139 Å². The molecule has 1 heterocycles. The van der Waals surface area contributed by atoms with Crippen LogP contribution in [-0.4, -0.2) is 18.2 Å². The molecule has 1 N–H and O–H groups in total. The van der Waals surface area contributed by atoms with E-state index in [0.717, 1.165) is 8.66 Å². The Morgan fingerprint density at radius 2 is 2.29 bits per heavy atom. The third-order valence-electron chi connectivity index (χ3n) is 2.44. The van der Waals surface area contributed by atoms with Crippen LogP contribution in [0.25, 0.3) is 0 Å². The van der Waals surface area contributed by atoms with Gasteiger partial charge in [0.2, 0.25) is 0 Å². The summed E-state index contributed by atoms with van der Waals surface area (Å²) in [7, 11) is 0. The molecule has 0 fully saturated rings. The molecule has 1 aromatic heterocycles. The number of thiophene rings is 1. The van der Waals surface area contributed by atoms with Crippen molar-refractivity contribution in [3.05, 3.63) is 50.1 Å². The van der Waals surface area contributed by atoms with E-state index in [4.69, 9.17) is 16.3 Å². The monoisotopic (exact) mass is 386 g/mol. The molecule has 7 heteroatoms. The molecule has 1 amide bonds. The van der Waals surface area contributed by atoms with Crippen LogP contribution in [0, 0.1) is 0 Å². The van der Waals surface area contributed by atoms with Gasteiger partial charge in [-0.2, -0.15) is 5.10 Å². The third-order valence-corrected chi connectivity index (χ3v) is 4.23. The van der Waals surface area contributed by atoms with Gasteiger partial charge in [-0.15, -0.1) is 11.3 Å². The highest BCUT2D eigenvalue weighted by Crippen LogP contribution is 2.20. The SMILES string of the molecule is CC(Oc1cccc(Cl)c1)C(=O)N/N=C/c1ccc(Br)s1. The van der Waals surface area contributed by atoms with Crippen molar-refractivity contribution < 1.29 is 9.53 Å². The molecule has 0 saturated heterocycles. The number of carbonyl (C=O) groups excluding carboxylic acids is 1. The molecular formula is C14H12BrClN2O2S. The second kappa shape index (κ2) is 7.59. The lowest BCUT2D eigenvalue weighted by atomic mass is 10.3. The first-order chi connectivity index (χ1) is 10.0. The van der Waals surface area contributed by atoms with E-state index in [-0.39, 0.29) is 5.91 Å². The van der Waals surface area contributed by atoms with E-state index in [1.54, 1.807) is 37.4 Å². The number of halogens is 2. The highest BCUT2D eigenvalue weighted by atomic mass is 79.9. The first-order valence-electron chi connectivity index (χ1n) is 6.05. The number of nitrogens with zero attached hydrogens (tertiary/aromatic N) is 1. The van der Waals surface area contributed by atoms with Crippen LogP contribution in [0.4, 0.5) is 0 Å². The number of benzene rings is 1. The fourth-order valence-electron chi connectivity index (χ4n) is 1.45. The molecule has 0 saturated carbocycles. The Morgan fingerprint density at radius 3 is 2.95 bits per heavy atom. The quantitative estimate of drug-likeness (QED) is 0.621. The molecule has 110 valence electrons. The van der Waals surface area contributed by atoms with Crippen LogP contribution in [-0.2, 0) is 4.79 Å². The van der Waals surface area contributed by atoms with E-state index >= 15 is 0 Å². The smallest absolute Gasteiger partial charge is 0.280 e. The molecule has 0 aliphatic carbocycles. The fraction of sp³-hybridized carbons (Fsp3) is 0.143. The summed E-state index contributed by atoms with van der Waals surface area (Å²) in [6.07, 6.45) is 0.912. The van der Waals surface area contributed by atoms with E-state index in [1.165, 1.54) is 11.3 Å². The summed E-state index contributed by atoms with van der Waals surface area (Å²) in [6, 6.07) is 10.7. The van der Waals surface area contributed by atoms with Gasteiger partial charge < -0.3 is 4.74 Å². The average Bonchev–Trinajstić information content (AvgIpc) is 2.84. The van der Waals surface area contributed by atoms with Gasteiger partial charge in [0.1, 0.15) is 5.75 Å². The molecule has 21 heavy (non-hydrogen) atoms. The van der Waals surface area contributed by atoms with E-state index in [2.05, 4.69) is 26.5 Å². The van der Waals surface area contributed by atoms with Crippen molar-refractivity contribution >= 4 is 51.0 Å². The number of rotatable bonds is 5. The fourth-order valence-corrected chi connectivity index (χ4v) is 2.92. The number of hydrogen-bond acceptors (Lipinski definition) is 4. The van der Waals surface area contributed by atoms with Gasteiger partial charge in [0.15, 0.2) is 6.10 Å². The number of ether oxygens (including phenoxy) is 1. The average molecular weight is 388 g/mol. The standard InChI is InChI=1S/C14H12BrClN2O2S/c1-9(20-11-4-2-3-10(16)7-11)14(19)18-17-8-12-5-6-13(15)21-12/h2-9H,1H3,(H,18,19)/b17-8+. The number of amides is 1. The van der Waals surface area contributed by atoms with Crippen LogP contribution in [0.15, 0.2) is 45.3 Å². The summed E-state index contributed by atoms with van der Waals surface area (Å²) < 4.78 is 6.50. The zero-order valence-corrected chi connectivity index (χ0v) is 14.2. The Balaban J connectivity index is 1.86. The van der Waals surface area contributed by atoms with Gasteiger partial charge in [-0.3, -0.25) is 4.79 Å². The lowest BCUT2D eigenvalue weighted by molar-refractivity contribution is -0.127. The molecule has 0 aliphatic heterocycles. The zero-order chi connectivity index (χ0) is 15.2. The Morgan fingerprint density at radius 1 is 1.48 bits per heavy atom. The van der Waals surface area contributed by atoms with Crippen LogP contribution >= 0.6 is 38.9 Å². The van der Waals surface area contributed by atoms with Gasteiger partial charge in [-0.05, 0) is 53.2 Å². The van der Waals surface area contributed by atoms with E-state index in [1.807, 2.05) is 12.1 Å². The first kappa shape index (κ1) is 16.0. The first-order valence-corrected chi connectivity index (χ1v) is 8.04. The summed E-state index contributed by atoms with van der Waals surface area (Å²) in [5.41, 5.74) is 2.44. The zero-order valence-electron chi connectivity index (χ0n) is 11.0. The van der Waals surface area contributed by atoms with Crippen molar-refractivity contribution in [3.63, 3.8) is 0 Å². The predicted octanol–water partition coefficient (Wildman–Crippen LogP) is 4.08. The second-order valence-electron chi connectivity index (χ2n) is 4.09. The largest absolute Gasteiger partial charge is 0.481 e. The summed E-state index contributed by atoms with van der Waals surface area (Å²) in [5, 5.41) is 4.45. The Kier molecular flexibility index (Phi) is 5.78. The maximum Gasteiger partial charge on any atom is 0.280 e. The number of carbonyl (C=O) groups is 1. The molecule has 4 nitrogen and oxygen atoms in total. The summed E-state index contributed by atoms with van der Waals surface area (Å²) in [5.74, 6) is 0.207. The summed E-state index contributed by atoms with van der Waals surface area (Å²) in [4.78, 5) is 12.8. The van der Waals surface area contributed by atoms with Crippen molar-refractivity contribution in [2.75, 3.05) is 0 Å². The van der Waals surface area contributed by atoms with Gasteiger partial charge in [0.05, 0.1) is 10.0 Å². The van der Waals surface area contributed by atoms with Gasteiger partial charge >= 0.3 is 0 Å². The van der Waals surface area contributed by atoms with E-state index in [9.17, 15) is 4.79 Å². The molecule has 0 bridgehead atoms. The van der Waals surface area contributed by atoms with Gasteiger partial charge in [0.25, 0.3) is 5.91 Å². The third kappa shape index (κ3) is 5.15. The molecule has 0 aliphatic rings. The van der Waals surface area contributed by atoms with Crippen LogP contribution in [0.2, 0.25) is 5.02 Å². The minimum absolute atomic E-state index is 0.332. The predicted molar refractivity (Wildman–Crippen MR) is 89.3 cm³/mol. The molecular weight excluding hydrogens is 376 g/mol. The number of nitrogens with one attached hydrogen (secondary N) is 1. The molecule has 0 radical (unpaired) electrons. The highest BCUT2D eigenvalue weighted by molar-refractivity contribution is 9.11. The van der Waals surface area contributed by atoms with Crippen molar-refractivity contribution in [2.24, 2.45) is 5.10 Å². The molecule has 1 aromatic carbocycles. The highest BCUT2D eigenvalue weighted by Gasteiger charge is 2.13. The Bertz CT molecular complexity index is 660. The molecule has 1 atom stereocenters. The number of hydrazone groups is 1. The maximum atomic E-state index is 11.8. The van der Waals surface area contributed by atoms with Crippen LogP contribution < -0.4 is 10.2 Å². The van der Waals surface area contributed by atoms with Crippen molar-refractivity contribution in [1.82, 2.24) is 5.43 Å². The van der Waals surface area contributed by atoms with Crippen molar-refractivity contribution in [3.8, 4) is 5.75 Å². The lowest BCUT2D eigenvalue weighted by Gasteiger charge is -2.12. The molecule has 1 unspecified atom stereocenters. The van der Waals surface area contributed by atoms with Crippen molar-refractivity contribution in [2.45, 2.75) is 13.0 Å². The summed E-state index contributed by atoms with van der Waals surface area (Å²) >= 11 is 10.7. The number of hydrogen-bond donors (Lipinski definition) is 1. The molecule has 2 rings (SSSR count). The van der Waals surface area contributed by atoms with E-state index < -0.39 is 6.10 Å². The lowest BCUT2D eigenvalue weighted by Crippen LogP contribution is -2.33. The van der Waals surface area contributed by atoms with Crippen molar-refractivity contribution in [1.29, 1.82) is 0 Å². The second-order valence-corrected chi connectivity index (χ2v) is 7.02. The topological polar surface area (TPSA) is 50.7 Å².